The second kappa shape index (κ2) is 6.90. The summed E-state index contributed by atoms with van der Waals surface area (Å²) in [4.78, 5) is 55.8. The molecular formula is C11H20O8P2-4. The number of carbonyl (C=O) groups is 1. The molecule has 0 spiro atoms. The van der Waals surface area contributed by atoms with Gasteiger partial charge in [0.05, 0.1) is 12.0 Å². The zero-order chi connectivity index (χ0) is 17.1. The Morgan fingerprint density at radius 1 is 0.905 bits per heavy atom. The van der Waals surface area contributed by atoms with Crippen LogP contribution in [0.1, 0.15) is 47.0 Å². The number of hydrogen-bond acceptors (Lipinski definition) is 8. The van der Waals surface area contributed by atoms with Gasteiger partial charge in [-0.05, 0) is 26.2 Å². The van der Waals surface area contributed by atoms with Gasteiger partial charge in [0.25, 0.3) is 0 Å². The average Bonchev–Trinajstić information content (AvgIpc) is 2.32. The Bertz CT molecular complexity index is 437. The lowest BCUT2D eigenvalue weighted by Gasteiger charge is -2.66. The molecule has 0 radical (unpaired) electrons. The van der Waals surface area contributed by atoms with E-state index < -0.39 is 37.9 Å². The van der Waals surface area contributed by atoms with Crippen molar-refractivity contribution in [3.05, 3.63) is 0 Å². The zero-order valence-corrected chi connectivity index (χ0v) is 14.3. The molecule has 0 saturated carbocycles. The summed E-state index contributed by atoms with van der Waals surface area (Å²) >= 11 is 0. The Morgan fingerprint density at radius 2 is 1.29 bits per heavy atom. The van der Waals surface area contributed by atoms with Crippen LogP contribution >= 0.6 is 15.2 Å². The molecule has 21 heavy (non-hydrogen) atoms. The summed E-state index contributed by atoms with van der Waals surface area (Å²) in [6.45, 7) is 5.09. The van der Waals surface area contributed by atoms with Crippen molar-refractivity contribution in [2.24, 2.45) is 5.41 Å². The van der Waals surface area contributed by atoms with Crippen LogP contribution in [0.2, 0.25) is 0 Å². The van der Waals surface area contributed by atoms with E-state index in [1.807, 2.05) is 0 Å². The minimum Gasteiger partial charge on any atom is -0.810 e. The Kier molecular flexibility index (Phi) is 6.83. The second-order valence-electron chi connectivity index (χ2n) is 4.67. The van der Waals surface area contributed by atoms with Crippen molar-refractivity contribution in [1.29, 1.82) is 0 Å². The van der Waals surface area contributed by atoms with Gasteiger partial charge < -0.3 is 33.4 Å². The van der Waals surface area contributed by atoms with Gasteiger partial charge in [0.15, 0.2) is 0 Å². The molecule has 0 saturated heterocycles. The van der Waals surface area contributed by atoms with Gasteiger partial charge in [-0.2, -0.15) is 0 Å². The Hall–Kier alpha value is -0.230. The first-order valence-electron chi connectivity index (χ1n) is 6.63. The number of rotatable bonds is 8. The molecule has 126 valence electrons. The summed E-state index contributed by atoms with van der Waals surface area (Å²) in [5.41, 5.74) is -2.21. The molecule has 0 aliphatic heterocycles. The minimum absolute atomic E-state index is 0.135. The maximum absolute atomic E-state index is 12.2. The van der Waals surface area contributed by atoms with E-state index in [0.29, 0.717) is 0 Å². The first-order chi connectivity index (χ1) is 9.41. The Labute approximate surface area is 124 Å². The monoisotopic (exact) mass is 342 g/mol. The second-order valence-corrected chi connectivity index (χ2v) is 8.54. The first-order valence-corrected chi connectivity index (χ1v) is 9.71. The molecule has 0 aromatic carbocycles. The number of ether oxygens (including phenoxy) is 1. The van der Waals surface area contributed by atoms with Crippen LogP contribution in [0.15, 0.2) is 0 Å². The molecule has 0 aromatic heterocycles. The van der Waals surface area contributed by atoms with E-state index in [-0.39, 0.29) is 19.4 Å². The van der Waals surface area contributed by atoms with E-state index in [4.69, 9.17) is 4.74 Å². The summed E-state index contributed by atoms with van der Waals surface area (Å²) in [5, 5.41) is 0. The summed E-state index contributed by atoms with van der Waals surface area (Å²) in [6, 6.07) is 0. The van der Waals surface area contributed by atoms with Crippen LogP contribution in [0.5, 0.6) is 0 Å². The largest absolute Gasteiger partial charge is 0.810 e. The van der Waals surface area contributed by atoms with Crippen LogP contribution in [-0.2, 0) is 18.7 Å². The highest BCUT2D eigenvalue weighted by Gasteiger charge is 2.58. The lowest BCUT2D eigenvalue weighted by atomic mass is 9.77. The third-order valence-electron chi connectivity index (χ3n) is 4.04. The van der Waals surface area contributed by atoms with Crippen LogP contribution in [0, 0.1) is 5.41 Å². The van der Waals surface area contributed by atoms with Gasteiger partial charge in [-0.15, -0.1) is 0 Å². The highest BCUT2D eigenvalue weighted by atomic mass is 31.2. The van der Waals surface area contributed by atoms with Crippen molar-refractivity contribution in [1.82, 2.24) is 0 Å². The fourth-order valence-electron chi connectivity index (χ4n) is 2.94. The standard InChI is InChI=1S/C11H24O8P2/c1-5-10(6-2,9(12)19-8-4)11(7-3,20(13,14)15)21(16,17)18/h5-8H2,1-4H3,(H2,13,14,15)(H2,16,17,18)/p-4. The summed E-state index contributed by atoms with van der Waals surface area (Å²) in [6.07, 6.45) is -1.44. The van der Waals surface area contributed by atoms with Gasteiger partial charge in [0, 0.05) is 4.90 Å². The molecule has 0 fully saturated rings. The Balaban J connectivity index is 6.67. The van der Waals surface area contributed by atoms with Gasteiger partial charge >= 0.3 is 5.97 Å². The highest BCUT2D eigenvalue weighted by Crippen LogP contribution is 2.72. The fraction of sp³-hybridized carbons (Fsp3) is 0.909. The SMILES string of the molecule is CCOC(=O)C(CC)(CC)C(CC)(P(=O)([O-])[O-])P(=O)([O-])[O-]. The molecule has 10 heteroatoms. The number of carbonyl (C=O) groups excluding carboxylic acids is 1. The van der Waals surface area contributed by atoms with Crippen LogP contribution in [0.4, 0.5) is 0 Å². The maximum Gasteiger partial charge on any atom is 0.313 e. The van der Waals surface area contributed by atoms with Crippen LogP contribution in [-0.4, -0.2) is 17.5 Å². The maximum atomic E-state index is 12.2. The lowest BCUT2D eigenvalue weighted by Crippen LogP contribution is -2.59. The molecule has 0 amide bonds. The van der Waals surface area contributed by atoms with E-state index in [1.165, 1.54) is 20.8 Å². The molecule has 0 aromatic rings. The minimum atomic E-state index is -5.95. The molecule has 0 atom stereocenters. The molecule has 0 unspecified atom stereocenters. The van der Waals surface area contributed by atoms with E-state index in [2.05, 4.69) is 0 Å². The molecule has 0 rings (SSSR count). The fourth-order valence-corrected chi connectivity index (χ4v) is 6.78. The van der Waals surface area contributed by atoms with Gasteiger partial charge in [-0.25, -0.2) is 0 Å². The molecule has 0 aliphatic rings. The molecular weight excluding hydrogens is 322 g/mol. The van der Waals surface area contributed by atoms with Crippen molar-refractivity contribution < 1.29 is 38.2 Å². The van der Waals surface area contributed by atoms with Crippen molar-refractivity contribution in [3.8, 4) is 0 Å². The average molecular weight is 342 g/mol. The van der Waals surface area contributed by atoms with Gasteiger partial charge in [0.2, 0.25) is 0 Å². The molecule has 0 heterocycles. The quantitative estimate of drug-likeness (QED) is 0.414. The highest BCUT2D eigenvalue weighted by molar-refractivity contribution is 7.70. The number of hydrogen-bond donors (Lipinski definition) is 0. The number of esters is 1. The van der Waals surface area contributed by atoms with Crippen molar-refractivity contribution >= 4 is 21.2 Å². The van der Waals surface area contributed by atoms with E-state index >= 15 is 0 Å². The van der Waals surface area contributed by atoms with Crippen molar-refractivity contribution in [2.75, 3.05) is 6.61 Å². The third-order valence-corrected chi connectivity index (χ3v) is 8.81. The third kappa shape index (κ3) is 3.11. The van der Waals surface area contributed by atoms with E-state index in [9.17, 15) is 33.5 Å². The zero-order valence-electron chi connectivity index (χ0n) is 12.5. The van der Waals surface area contributed by atoms with E-state index in [1.54, 1.807) is 0 Å². The molecule has 0 bridgehead atoms. The van der Waals surface area contributed by atoms with Gasteiger partial charge in [-0.3, -0.25) is 4.79 Å². The van der Waals surface area contributed by atoms with Gasteiger partial charge in [-0.1, -0.05) is 36.0 Å². The summed E-state index contributed by atoms with van der Waals surface area (Å²) in [5.74, 6) is -1.16. The Morgan fingerprint density at radius 3 is 1.48 bits per heavy atom. The lowest BCUT2D eigenvalue weighted by molar-refractivity contribution is -0.341. The molecule has 0 N–H and O–H groups in total. The van der Waals surface area contributed by atoms with Crippen molar-refractivity contribution in [3.63, 3.8) is 0 Å². The summed E-state index contributed by atoms with van der Waals surface area (Å²) < 4.78 is 28.1. The normalized spacial score (nSPS) is 14.1. The predicted octanol–water partition coefficient (Wildman–Crippen LogP) is -0.710. The van der Waals surface area contributed by atoms with Crippen molar-refractivity contribution in [2.45, 2.75) is 51.9 Å². The van der Waals surface area contributed by atoms with Crippen LogP contribution < -0.4 is 19.6 Å². The van der Waals surface area contributed by atoms with E-state index in [0.717, 1.165) is 6.92 Å². The van der Waals surface area contributed by atoms with Crippen LogP contribution in [0.25, 0.3) is 0 Å². The first kappa shape index (κ1) is 20.8. The summed E-state index contributed by atoms with van der Waals surface area (Å²) in [7, 11) is -11.9. The topological polar surface area (TPSA) is 153 Å². The van der Waals surface area contributed by atoms with Gasteiger partial charge in [0.1, 0.15) is 0 Å². The molecule has 8 nitrogen and oxygen atoms in total. The molecule has 0 aliphatic carbocycles. The predicted molar refractivity (Wildman–Crippen MR) is 67.9 cm³/mol. The smallest absolute Gasteiger partial charge is 0.313 e. The van der Waals surface area contributed by atoms with Crippen LogP contribution in [0.3, 0.4) is 0 Å².